The van der Waals surface area contributed by atoms with E-state index >= 15 is 0 Å². The Kier molecular flexibility index (Phi) is 4.72. The third-order valence-electron chi connectivity index (χ3n) is 2.63. The summed E-state index contributed by atoms with van der Waals surface area (Å²) in [6.45, 7) is 2.08. The second-order valence-corrected chi connectivity index (χ2v) is 6.72. The number of nitrogens with one attached hydrogen (secondary N) is 1. The highest BCUT2D eigenvalue weighted by Crippen LogP contribution is 2.16. The van der Waals surface area contributed by atoms with E-state index in [1.165, 1.54) is 12.4 Å². The molecule has 0 fully saturated rings. The molecule has 20 heavy (non-hydrogen) atoms. The molecule has 0 atom stereocenters. The predicted octanol–water partition coefficient (Wildman–Crippen LogP) is 2.99. The van der Waals surface area contributed by atoms with Crippen LogP contribution in [0.3, 0.4) is 0 Å². The highest BCUT2D eigenvalue weighted by molar-refractivity contribution is 9.10. The quantitative estimate of drug-likeness (QED) is 0.894. The van der Waals surface area contributed by atoms with Gasteiger partial charge in [-0.15, -0.1) is 0 Å². The van der Waals surface area contributed by atoms with Gasteiger partial charge in [-0.1, -0.05) is 25.5 Å². The smallest absolute Gasteiger partial charge is 0.262 e. The van der Waals surface area contributed by atoms with Gasteiger partial charge in [0.2, 0.25) is 0 Å². The maximum absolute atomic E-state index is 12.2. The number of rotatable bonds is 5. The Morgan fingerprint density at radius 1 is 1.15 bits per heavy atom. The van der Waals surface area contributed by atoms with E-state index in [4.69, 9.17) is 0 Å². The van der Waals surface area contributed by atoms with Crippen molar-refractivity contribution < 1.29 is 8.42 Å². The van der Waals surface area contributed by atoms with Crippen LogP contribution in [0.4, 0.5) is 5.82 Å². The Balaban J connectivity index is 2.19. The predicted molar refractivity (Wildman–Crippen MR) is 81.0 cm³/mol. The molecular weight excluding hydrogens is 342 g/mol. The van der Waals surface area contributed by atoms with Crippen molar-refractivity contribution in [3.05, 3.63) is 46.8 Å². The lowest BCUT2D eigenvalue weighted by Crippen LogP contribution is -2.14. The van der Waals surface area contributed by atoms with E-state index in [2.05, 4.69) is 37.5 Å². The fraction of sp³-hybridized carbons (Fsp3) is 0.231. The number of aryl methyl sites for hydroxylation is 1. The average molecular weight is 356 g/mol. The number of benzene rings is 1. The van der Waals surface area contributed by atoms with Gasteiger partial charge >= 0.3 is 0 Å². The van der Waals surface area contributed by atoms with Crippen LogP contribution in [0.15, 0.2) is 46.2 Å². The van der Waals surface area contributed by atoms with Crippen molar-refractivity contribution in [2.24, 2.45) is 0 Å². The van der Waals surface area contributed by atoms with Gasteiger partial charge in [-0.05, 0) is 40.0 Å². The van der Waals surface area contributed by atoms with E-state index < -0.39 is 10.0 Å². The molecule has 2 aromatic rings. The van der Waals surface area contributed by atoms with Gasteiger partial charge < -0.3 is 0 Å². The van der Waals surface area contributed by atoms with Crippen LogP contribution in [0.5, 0.6) is 0 Å². The van der Waals surface area contributed by atoms with Crippen molar-refractivity contribution in [3.8, 4) is 0 Å². The molecule has 0 aliphatic heterocycles. The summed E-state index contributed by atoms with van der Waals surface area (Å²) in [5.41, 5.74) is 1.12. The Hall–Kier alpha value is -1.47. The van der Waals surface area contributed by atoms with Crippen LogP contribution < -0.4 is 4.72 Å². The van der Waals surface area contributed by atoms with Gasteiger partial charge in [-0.3, -0.25) is 4.72 Å². The molecule has 7 heteroatoms. The van der Waals surface area contributed by atoms with Crippen molar-refractivity contribution in [3.63, 3.8) is 0 Å². The summed E-state index contributed by atoms with van der Waals surface area (Å²) in [6, 6.07) is 6.84. The Bertz CT molecular complexity index is 670. The van der Waals surface area contributed by atoms with Crippen LogP contribution in [0.25, 0.3) is 0 Å². The molecule has 2 rings (SSSR count). The minimum Gasteiger partial charge on any atom is -0.262 e. The lowest BCUT2D eigenvalue weighted by atomic mass is 10.1. The van der Waals surface area contributed by atoms with E-state index in [-0.39, 0.29) is 10.7 Å². The summed E-state index contributed by atoms with van der Waals surface area (Å²) < 4.78 is 27.3. The first kappa shape index (κ1) is 14.9. The fourth-order valence-corrected chi connectivity index (χ4v) is 2.88. The average Bonchev–Trinajstić information content (AvgIpc) is 2.42. The van der Waals surface area contributed by atoms with E-state index in [1.807, 2.05) is 12.1 Å². The standard InChI is InChI=1S/C13H14BrN3O2S/c1-2-3-10-4-6-11(7-5-10)20(18,19)17-13-9-15-12(14)8-16-13/h4-9H,2-3H2,1H3,(H,16,17). The van der Waals surface area contributed by atoms with Crippen LogP contribution in [-0.4, -0.2) is 18.4 Å². The van der Waals surface area contributed by atoms with Gasteiger partial charge in [0.1, 0.15) is 4.60 Å². The molecule has 0 amide bonds. The molecule has 0 bridgehead atoms. The molecule has 1 heterocycles. The van der Waals surface area contributed by atoms with E-state index in [9.17, 15) is 8.42 Å². The molecule has 0 saturated carbocycles. The van der Waals surface area contributed by atoms with Crippen molar-refractivity contribution in [1.82, 2.24) is 9.97 Å². The topological polar surface area (TPSA) is 72.0 Å². The highest BCUT2D eigenvalue weighted by atomic mass is 79.9. The van der Waals surface area contributed by atoms with Crippen LogP contribution in [0, 0.1) is 0 Å². The molecule has 106 valence electrons. The minimum atomic E-state index is -3.63. The zero-order chi connectivity index (χ0) is 14.6. The zero-order valence-corrected chi connectivity index (χ0v) is 13.3. The molecule has 0 aliphatic rings. The van der Waals surface area contributed by atoms with E-state index in [0.29, 0.717) is 4.60 Å². The summed E-state index contributed by atoms with van der Waals surface area (Å²) in [4.78, 5) is 8.07. The maximum Gasteiger partial charge on any atom is 0.263 e. The zero-order valence-electron chi connectivity index (χ0n) is 10.9. The van der Waals surface area contributed by atoms with E-state index in [1.54, 1.807) is 12.1 Å². The van der Waals surface area contributed by atoms with Crippen LogP contribution in [0.2, 0.25) is 0 Å². The van der Waals surface area contributed by atoms with Crippen molar-refractivity contribution in [2.75, 3.05) is 4.72 Å². The van der Waals surface area contributed by atoms with Crippen molar-refractivity contribution >= 4 is 31.8 Å². The lowest BCUT2D eigenvalue weighted by Gasteiger charge is -2.07. The number of hydrogen-bond donors (Lipinski definition) is 1. The van der Waals surface area contributed by atoms with Crippen LogP contribution >= 0.6 is 15.9 Å². The SMILES string of the molecule is CCCc1ccc(S(=O)(=O)Nc2cnc(Br)cn2)cc1. The largest absolute Gasteiger partial charge is 0.263 e. The number of hydrogen-bond acceptors (Lipinski definition) is 4. The van der Waals surface area contributed by atoms with Gasteiger partial charge in [0, 0.05) is 0 Å². The number of aromatic nitrogens is 2. The highest BCUT2D eigenvalue weighted by Gasteiger charge is 2.14. The molecule has 0 radical (unpaired) electrons. The van der Waals surface area contributed by atoms with Gasteiger partial charge in [-0.25, -0.2) is 18.4 Å². The van der Waals surface area contributed by atoms with Gasteiger partial charge in [0.15, 0.2) is 5.82 Å². The number of nitrogens with zero attached hydrogens (tertiary/aromatic N) is 2. The van der Waals surface area contributed by atoms with Crippen LogP contribution in [0.1, 0.15) is 18.9 Å². The van der Waals surface area contributed by atoms with Crippen LogP contribution in [-0.2, 0) is 16.4 Å². The monoisotopic (exact) mass is 355 g/mol. The summed E-state index contributed by atoms with van der Waals surface area (Å²) >= 11 is 3.14. The first-order valence-corrected chi connectivity index (χ1v) is 8.38. The fourth-order valence-electron chi connectivity index (χ4n) is 1.69. The van der Waals surface area contributed by atoms with Crippen molar-refractivity contribution in [2.45, 2.75) is 24.7 Å². The molecule has 0 unspecified atom stereocenters. The van der Waals surface area contributed by atoms with Gasteiger partial charge in [-0.2, -0.15) is 0 Å². The van der Waals surface area contributed by atoms with Gasteiger partial charge in [0.05, 0.1) is 17.3 Å². The maximum atomic E-state index is 12.2. The molecule has 0 spiro atoms. The Morgan fingerprint density at radius 3 is 2.40 bits per heavy atom. The first-order chi connectivity index (χ1) is 9.51. The number of sulfonamides is 1. The summed E-state index contributed by atoms with van der Waals surface area (Å²) in [5.74, 6) is 0.186. The molecule has 0 aliphatic carbocycles. The minimum absolute atomic E-state index is 0.186. The second kappa shape index (κ2) is 6.32. The number of halogens is 1. The third-order valence-corrected chi connectivity index (χ3v) is 4.41. The molecular formula is C13H14BrN3O2S. The summed E-state index contributed by atoms with van der Waals surface area (Å²) in [5, 5.41) is 0. The molecule has 5 nitrogen and oxygen atoms in total. The third kappa shape index (κ3) is 3.77. The lowest BCUT2D eigenvalue weighted by molar-refractivity contribution is 0.601. The second-order valence-electron chi connectivity index (χ2n) is 4.22. The first-order valence-electron chi connectivity index (χ1n) is 6.10. The summed E-state index contributed by atoms with van der Waals surface area (Å²) in [7, 11) is -3.63. The Labute approximate surface area is 126 Å². The normalized spacial score (nSPS) is 11.3. The summed E-state index contributed by atoms with van der Waals surface area (Å²) in [6.07, 6.45) is 4.75. The molecule has 0 saturated heterocycles. The molecule has 1 N–H and O–H groups in total. The van der Waals surface area contributed by atoms with E-state index in [0.717, 1.165) is 18.4 Å². The molecule has 1 aromatic heterocycles. The molecule has 1 aromatic carbocycles. The number of anilines is 1. The van der Waals surface area contributed by atoms with Crippen molar-refractivity contribution in [1.29, 1.82) is 0 Å². The van der Waals surface area contributed by atoms with Gasteiger partial charge in [0.25, 0.3) is 10.0 Å². The Morgan fingerprint density at radius 2 is 1.85 bits per heavy atom.